The highest BCUT2D eigenvalue weighted by atomic mass is 35.5. The molecule has 0 unspecified atom stereocenters. The number of benzene rings is 1. The van der Waals surface area contributed by atoms with Crippen LogP contribution in [-0.2, 0) is 4.74 Å². The van der Waals surface area contributed by atoms with E-state index >= 15 is 0 Å². The Bertz CT molecular complexity index is 787. The Balaban J connectivity index is 2.52. The summed E-state index contributed by atoms with van der Waals surface area (Å²) in [5, 5.41) is 14.4. The van der Waals surface area contributed by atoms with Crippen molar-refractivity contribution in [3.8, 4) is 5.69 Å². The van der Waals surface area contributed by atoms with Crippen molar-refractivity contribution in [2.24, 2.45) is 0 Å². The Hall–Kier alpha value is -2.74. The Morgan fingerprint density at radius 1 is 1.43 bits per heavy atom. The second kappa shape index (κ2) is 5.71. The topological polar surface area (TPSA) is 104 Å². The van der Waals surface area contributed by atoms with Gasteiger partial charge in [-0.2, -0.15) is 5.10 Å². The summed E-state index contributed by atoms with van der Waals surface area (Å²) in [4.78, 5) is 33.0. The van der Waals surface area contributed by atoms with E-state index in [9.17, 15) is 19.7 Å². The molecule has 0 N–H and O–H groups in total. The summed E-state index contributed by atoms with van der Waals surface area (Å²) >= 11 is 5.80. The number of hydrogen-bond acceptors (Lipinski definition) is 6. The second-order valence-electron chi connectivity index (χ2n) is 3.86. The largest absolute Gasteiger partial charge is 0.464 e. The first-order valence-corrected chi connectivity index (χ1v) is 5.94. The summed E-state index contributed by atoms with van der Waals surface area (Å²) in [6.07, 6.45) is 1.31. The zero-order valence-corrected chi connectivity index (χ0v) is 11.4. The minimum absolute atomic E-state index is 0.0855. The predicted molar refractivity (Wildman–Crippen MR) is 72.8 cm³/mol. The van der Waals surface area contributed by atoms with E-state index < -0.39 is 22.0 Å². The number of carbonyl (C=O) groups is 1. The van der Waals surface area contributed by atoms with Crippen LogP contribution >= 0.6 is 11.6 Å². The molecule has 0 fully saturated rings. The minimum atomic E-state index is -0.873. The average Bonchev–Trinajstić information content (AvgIpc) is 2.46. The maximum absolute atomic E-state index is 11.5. The van der Waals surface area contributed by atoms with Gasteiger partial charge in [0.1, 0.15) is 5.02 Å². The van der Waals surface area contributed by atoms with Crippen molar-refractivity contribution in [1.29, 1.82) is 0 Å². The van der Waals surface area contributed by atoms with Gasteiger partial charge >= 0.3 is 5.97 Å². The number of methoxy groups -OCH3 is 1. The first-order chi connectivity index (χ1) is 9.93. The maximum Gasteiger partial charge on any atom is 0.362 e. The van der Waals surface area contributed by atoms with Gasteiger partial charge in [0.25, 0.3) is 5.69 Å². The molecule has 2 aromatic rings. The number of hydrogen-bond donors (Lipinski definition) is 0. The van der Waals surface area contributed by atoms with Crippen molar-refractivity contribution >= 4 is 23.3 Å². The van der Waals surface area contributed by atoms with Gasteiger partial charge in [-0.15, -0.1) is 0 Å². The van der Waals surface area contributed by atoms with Crippen molar-refractivity contribution in [1.82, 2.24) is 9.78 Å². The minimum Gasteiger partial charge on any atom is -0.464 e. The van der Waals surface area contributed by atoms with Crippen LogP contribution in [0.15, 0.2) is 35.3 Å². The molecule has 2 rings (SSSR count). The molecule has 0 aliphatic rings. The Morgan fingerprint density at radius 3 is 2.71 bits per heavy atom. The molecule has 0 aliphatic heterocycles. The Kier molecular flexibility index (Phi) is 3.99. The molecule has 0 saturated carbocycles. The van der Waals surface area contributed by atoms with E-state index in [1.165, 1.54) is 29.1 Å². The molecule has 0 radical (unpaired) electrons. The van der Waals surface area contributed by atoms with E-state index in [1.807, 2.05) is 0 Å². The van der Waals surface area contributed by atoms with Crippen LogP contribution < -0.4 is 5.43 Å². The number of halogens is 1. The molecule has 0 bridgehead atoms. The van der Waals surface area contributed by atoms with Gasteiger partial charge in [0.2, 0.25) is 11.1 Å². The van der Waals surface area contributed by atoms with Crippen LogP contribution in [0.2, 0.25) is 5.02 Å². The molecule has 1 aromatic heterocycles. The number of aromatic nitrogens is 2. The van der Waals surface area contributed by atoms with Crippen molar-refractivity contribution in [3.63, 3.8) is 0 Å². The lowest BCUT2D eigenvalue weighted by molar-refractivity contribution is -0.384. The first kappa shape index (κ1) is 14.7. The SMILES string of the molecule is COC(=O)c1nn(-c2ccc([N+](=O)[O-])c(Cl)c2)ccc1=O. The molecule has 0 spiro atoms. The highest BCUT2D eigenvalue weighted by Crippen LogP contribution is 2.26. The molecule has 8 nitrogen and oxygen atoms in total. The molecular formula is C12H8ClN3O5. The van der Waals surface area contributed by atoms with Crippen LogP contribution in [0.3, 0.4) is 0 Å². The highest BCUT2D eigenvalue weighted by Gasteiger charge is 2.16. The monoisotopic (exact) mass is 309 g/mol. The summed E-state index contributed by atoms with van der Waals surface area (Å²) in [6.45, 7) is 0. The third-order valence-corrected chi connectivity index (χ3v) is 2.88. The summed E-state index contributed by atoms with van der Waals surface area (Å²) in [7, 11) is 1.13. The summed E-state index contributed by atoms with van der Waals surface area (Å²) in [5.41, 5.74) is -0.883. The number of esters is 1. The van der Waals surface area contributed by atoms with Crippen LogP contribution in [0.1, 0.15) is 10.5 Å². The molecule has 0 amide bonds. The molecular weight excluding hydrogens is 302 g/mol. The van der Waals surface area contributed by atoms with Crippen LogP contribution in [0, 0.1) is 10.1 Å². The van der Waals surface area contributed by atoms with Gasteiger partial charge in [-0.25, -0.2) is 9.48 Å². The van der Waals surface area contributed by atoms with E-state index in [1.54, 1.807) is 0 Å². The van der Waals surface area contributed by atoms with Gasteiger partial charge in [-0.1, -0.05) is 11.6 Å². The van der Waals surface area contributed by atoms with Gasteiger partial charge < -0.3 is 4.74 Å². The number of carbonyl (C=O) groups excluding carboxylic acids is 1. The van der Waals surface area contributed by atoms with Crippen LogP contribution in [-0.4, -0.2) is 27.8 Å². The van der Waals surface area contributed by atoms with Crippen LogP contribution in [0.5, 0.6) is 0 Å². The quantitative estimate of drug-likeness (QED) is 0.484. The first-order valence-electron chi connectivity index (χ1n) is 5.56. The van der Waals surface area contributed by atoms with E-state index in [4.69, 9.17) is 11.6 Å². The molecule has 0 saturated heterocycles. The molecule has 1 aromatic carbocycles. The molecule has 0 aliphatic carbocycles. The van der Waals surface area contributed by atoms with Gasteiger partial charge in [-0.3, -0.25) is 14.9 Å². The zero-order valence-electron chi connectivity index (χ0n) is 10.6. The summed E-state index contributed by atoms with van der Waals surface area (Å²) in [6, 6.07) is 5.03. The number of ether oxygens (including phenoxy) is 1. The standard InChI is InChI=1S/C12H8ClN3O5/c1-21-12(18)11-10(17)4-5-15(14-11)7-2-3-9(16(19)20)8(13)6-7/h2-6H,1H3. The summed E-state index contributed by atoms with van der Waals surface area (Å²) in [5.74, 6) is -0.873. The van der Waals surface area contributed by atoms with E-state index in [0.717, 1.165) is 13.2 Å². The average molecular weight is 310 g/mol. The van der Waals surface area contributed by atoms with Gasteiger partial charge in [0.05, 0.1) is 17.7 Å². The Morgan fingerprint density at radius 2 is 2.14 bits per heavy atom. The van der Waals surface area contributed by atoms with Crippen molar-refractivity contribution < 1.29 is 14.5 Å². The second-order valence-corrected chi connectivity index (χ2v) is 4.26. The number of nitro benzene ring substituents is 1. The van der Waals surface area contributed by atoms with Crippen molar-refractivity contribution in [2.45, 2.75) is 0 Å². The van der Waals surface area contributed by atoms with Crippen molar-refractivity contribution in [2.75, 3.05) is 7.11 Å². The lowest BCUT2D eigenvalue weighted by Gasteiger charge is -2.07. The molecule has 21 heavy (non-hydrogen) atoms. The fraction of sp³-hybridized carbons (Fsp3) is 0.0833. The van der Waals surface area contributed by atoms with Crippen LogP contribution in [0.4, 0.5) is 5.69 Å². The van der Waals surface area contributed by atoms with Crippen LogP contribution in [0.25, 0.3) is 5.69 Å². The molecule has 0 atom stereocenters. The fourth-order valence-electron chi connectivity index (χ4n) is 1.58. The fourth-order valence-corrected chi connectivity index (χ4v) is 1.82. The molecule has 9 heteroatoms. The lowest BCUT2D eigenvalue weighted by atomic mass is 10.3. The number of nitrogens with zero attached hydrogens (tertiary/aromatic N) is 3. The molecule has 1 heterocycles. The van der Waals surface area contributed by atoms with Gasteiger partial charge in [-0.05, 0) is 12.1 Å². The summed E-state index contributed by atoms with van der Waals surface area (Å²) < 4.78 is 5.65. The zero-order chi connectivity index (χ0) is 15.6. The number of rotatable bonds is 3. The third-order valence-electron chi connectivity index (χ3n) is 2.58. The Labute approximate surface area is 122 Å². The smallest absolute Gasteiger partial charge is 0.362 e. The van der Waals surface area contributed by atoms with E-state index in [0.29, 0.717) is 5.69 Å². The predicted octanol–water partition coefficient (Wildman–Crippen LogP) is 1.58. The molecule has 108 valence electrons. The van der Waals surface area contributed by atoms with Gasteiger partial charge in [0, 0.05) is 18.3 Å². The normalized spacial score (nSPS) is 10.2. The maximum atomic E-state index is 11.5. The van der Waals surface area contributed by atoms with Crippen molar-refractivity contribution in [3.05, 3.63) is 61.5 Å². The van der Waals surface area contributed by atoms with E-state index in [2.05, 4.69) is 9.84 Å². The lowest BCUT2D eigenvalue weighted by Crippen LogP contribution is -2.21. The number of nitro groups is 1. The highest BCUT2D eigenvalue weighted by molar-refractivity contribution is 6.32. The third kappa shape index (κ3) is 2.90. The van der Waals surface area contributed by atoms with Gasteiger partial charge in [0.15, 0.2) is 0 Å². The van der Waals surface area contributed by atoms with E-state index in [-0.39, 0.29) is 10.7 Å².